The van der Waals surface area contributed by atoms with Crippen LogP contribution in [0.1, 0.15) is 120 Å². The van der Waals surface area contributed by atoms with E-state index in [1.165, 1.54) is 96.0 Å². The second-order valence-corrected chi connectivity index (χ2v) is 9.40. The number of carbonyl (C=O) groups is 1. The molecule has 184 valence electrons. The second kappa shape index (κ2) is 16.4. The lowest BCUT2D eigenvalue weighted by Crippen LogP contribution is -2.24. The number of amides is 1. The number of rotatable bonds is 18. The molecular weight excluding hydrogens is 410 g/mol. The third-order valence-electron chi connectivity index (χ3n) is 6.55. The Kier molecular flexibility index (Phi) is 13.4. The molecule has 0 fully saturated rings. The molecule has 0 radical (unpaired) electrons. The average molecular weight is 456 g/mol. The van der Waals surface area contributed by atoms with E-state index >= 15 is 0 Å². The number of unbranched alkanes of at least 4 members (excludes halogenated alkanes) is 15. The lowest BCUT2D eigenvalue weighted by Gasteiger charge is -2.10. The van der Waals surface area contributed by atoms with Gasteiger partial charge < -0.3 is 15.5 Å². The lowest BCUT2D eigenvalue weighted by atomic mass is 10.0. The van der Waals surface area contributed by atoms with Crippen LogP contribution in [0, 0.1) is 0 Å². The average Bonchev–Trinajstić information content (AvgIpc) is 2.83. The van der Waals surface area contributed by atoms with Crippen molar-refractivity contribution in [3.63, 3.8) is 0 Å². The van der Waals surface area contributed by atoms with Gasteiger partial charge in [-0.05, 0) is 12.5 Å². The SMILES string of the molecule is CCCCCCCCCCCCCCCCCCNC(=O)c1cc(O)c2ccccc2c1O. The molecule has 0 heterocycles. The minimum Gasteiger partial charge on any atom is -0.507 e. The molecule has 4 nitrogen and oxygen atoms in total. The van der Waals surface area contributed by atoms with Crippen LogP contribution in [0.25, 0.3) is 10.8 Å². The third kappa shape index (κ3) is 10.1. The second-order valence-electron chi connectivity index (χ2n) is 9.40. The number of hydrogen-bond acceptors (Lipinski definition) is 3. The van der Waals surface area contributed by atoms with Gasteiger partial charge in [0.05, 0.1) is 5.56 Å². The van der Waals surface area contributed by atoms with Crippen LogP contribution in [-0.2, 0) is 0 Å². The van der Waals surface area contributed by atoms with Gasteiger partial charge in [0.1, 0.15) is 11.5 Å². The Balaban J connectivity index is 1.46. The smallest absolute Gasteiger partial charge is 0.255 e. The van der Waals surface area contributed by atoms with Gasteiger partial charge in [0.25, 0.3) is 5.91 Å². The topological polar surface area (TPSA) is 69.6 Å². The predicted molar refractivity (Wildman–Crippen MR) is 139 cm³/mol. The summed E-state index contributed by atoms with van der Waals surface area (Å²) in [6.45, 7) is 2.86. The van der Waals surface area contributed by atoms with Gasteiger partial charge in [-0.3, -0.25) is 4.79 Å². The van der Waals surface area contributed by atoms with Crippen LogP contribution >= 0.6 is 0 Å². The molecule has 0 aliphatic carbocycles. The maximum Gasteiger partial charge on any atom is 0.255 e. The molecule has 0 saturated heterocycles. The Bertz CT molecular complexity index is 818. The zero-order chi connectivity index (χ0) is 23.7. The fourth-order valence-electron chi connectivity index (χ4n) is 4.48. The van der Waals surface area contributed by atoms with E-state index in [4.69, 9.17) is 0 Å². The molecule has 0 unspecified atom stereocenters. The molecule has 0 aliphatic rings. The van der Waals surface area contributed by atoms with Crippen molar-refractivity contribution in [2.45, 2.75) is 110 Å². The first kappa shape index (κ1) is 27.0. The fourth-order valence-corrected chi connectivity index (χ4v) is 4.48. The highest BCUT2D eigenvalue weighted by Crippen LogP contribution is 2.35. The summed E-state index contributed by atoms with van der Waals surface area (Å²) >= 11 is 0. The van der Waals surface area contributed by atoms with Gasteiger partial charge in [-0.2, -0.15) is 0 Å². The molecule has 0 atom stereocenters. The van der Waals surface area contributed by atoms with E-state index in [0.29, 0.717) is 17.3 Å². The number of nitrogens with one attached hydrogen (secondary N) is 1. The van der Waals surface area contributed by atoms with Crippen LogP contribution in [0.3, 0.4) is 0 Å². The van der Waals surface area contributed by atoms with E-state index in [0.717, 1.165) is 12.8 Å². The molecule has 0 saturated carbocycles. The van der Waals surface area contributed by atoms with Gasteiger partial charge in [0, 0.05) is 17.3 Å². The summed E-state index contributed by atoms with van der Waals surface area (Å²) < 4.78 is 0. The highest BCUT2D eigenvalue weighted by molar-refractivity contribution is 6.05. The Morgan fingerprint density at radius 3 is 1.67 bits per heavy atom. The summed E-state index contributed by atoms with van der Waals surface area (Å²) in [6.07, 6.45) is 21.2. The minimum absolute atomic E-state index is 0.0101. The van der Waals surface area contributed by atoms with Crippen molar-refractivity contribution in [1.82, 2.24) is 5.32 Å². The molecule has 0 aromatic heterocycles. The Labute approximate surface area is 200 Å². The molecule has 3 N–H and O–H groups in total. The normalized spacial score (nSPS) is 11.2. The largest absolute Gasteiger partial charge is 0.507 e. The highest BCUT2D eigenvalue weighted by Gasteiger charge is 2.16. The molecule has 2 rings (SSSR count). The summed E-state index contributed by atoms with van der Waals surface area (Å²) in [5.41, 5.74) is 0.127. The van der Waals surface area contributed by atoms with Crippen molar-refractivity contribution in [2.24, 2.45) is 0 Å². The van der Waals surface area contributed by atoms with E-state index in [-0.39, 0.29) is 23.0 Å². The predicted octanol–water partition coefficient (Wildman–Crippen LogP) is 8.24. The number of phenols is 2. The van der Waals surface area contributed by atoms with Crippen molar-refractivity contribution < 1.29 is 15.0 Å². The van der Waals surface area contributed by atoms with Gasteiger partial charge in [0.2, 0.25) is 0 Å². The van der Waals surface area contributed by atoms with E-state index in [1.54, 1.807) is 24.3 Å². The quantitative estimate of drug-likeness (QED) is 0.156. The van der Waals surface area contributed by atoms with Crippen molar-refractivity contribution in [3.05, 3.63) is 35.9 Å². The van der Waals surface area contributed by atoms with E-state index in [2.05, 4.69) is 12.2 Å². The summed E-state index contributed by atoms with van der Waals surface area (Å²) in [5.74, 6) is -0.404. The van der Waals surface area contributed by atoms with Crippen LogP contribution in [0.15, 0.2) is 30.3 Å². The van der Waals surface area contributed by atoms with Crippen LogP contribution in [-0.4, -0.2) is 22.7 Å². The summed E-state index contributed by atoms with van der Waals surface area (Å²) in [6, 6.07) is 8.35. The number of fused-ring (bicyclic) bond motifs is 1. The molecule has 4 heteroatoms. The van der Waals surface area contributed by atoms with Crippen molar-refractivity contribution >= 4 is 16.7 Å². The van der Waals surface area contributed by atoms with E-state index in [9.17, 15) is 15.0 Å². The number of benzene rings is 2. The van der Waals surface area contributed by atoms with Gasteiger partial charge in [-0.1, -0.05) is 128 Å². The van der Waals surface area contributed by atoms with Gasteiger partial charge in [-0.25, -0.2) is 0 Å². The summed E-state index contributed by atoms with van der Waals surface area (Å²) in [7, 11) is 0. The Hall–Kier alpha value is -2.23. The van der Waals surface area contributed by atoms with Crippen LogP contribution in [0.5, 0.6) is 11.5 Å². The first-order valence-corrected chi connectivity index (χ1v) is 13.4. The van der Waals surface area contributed by atoms with Gasteiger partial charge in [0.15, 0.2) is 0 Å². The van der Waals surface area contributed by atoms with Crippen molar-refractivity contribution in [2.75, 3.05) is 6.54 Å². The highest BCUT2D eigenvalue weighted by atomic mass is 16.3. The van der Waals surface area contributed by atoms with E-state index in [1.807, 2.05) is 0 Å². The summed E-state index contributed by atoms with van der Waals surface area (Å²) in [4.78, 5) is 12.4. The number of phenolic OH excluding ortho intramolecular Hbond substituents is 2. The lowest BCUT2D eigenvalue weighted by molar-refractivity contribution is 0.0950. The first-order valence-electron chi connectivity index (χ1n) is 13.4. The first-order chi connectivity index (χ1) is 16.1. The molecule has 0 bridgehead atoms. The van der Waals surface area contributed by atoms with Crippen molar-refractivity contribution in [1.29, 1.82) is 0 Å². The summed E-state index contributed by atoms with van der Waals surface area (Å²) in [5, 5.41) is 24.5. The third-order valence-corrected chi connectivity index (χ3v) is 6.55. The molecule has 0 aliphatic heterocycles. The van der Waals surface area contributed by atoms with Crippen LogP contribution in [0.4, 0.5) is 0 Å². The molecule has 2 aromatic carbocycles. The molecule has 2 aromatic rings. The van der Waals surface area contributed by atoms with Crippen LogP contribution in [0.2, 0.25) is 0 Å². The molecule has 0 spiro atoms. The molecular formula is C29H45NO3. The number of carbonyl (C=O) groups excluding carboxylic acids is 1. The minimum atomic E-state index is -0.338. The Morgan fingerprint density at radius 1 is 0.697 bits per heavy atom. The van der Waals surface area contributed by atoms with E-state index < -0.39 is 0 Å². The van der Waals surface area contributed by atoms with Gasteiger partial charge in [-0.15, -0.1) is 0 Å². The fraction of sp³-hybridized carbons (Fsp3) is 0.621. The monoisotopic (exact) mass is 455 g/mol. The maximum absolute atomic E-state index is 12.4. The maximum atomic E-state index is 12.4. The molecule has 1 amide bonds. The Morgan fingerprint density at radius 2 is 1.15 bits per heavy atom. The zero-order valence-corrected chi connectivity index (χ0v) is 20.7. The van der Waals surface area contributed by atoms with Crippen LogP contribution < -0.4 is 5.32 Å². The molecule has 33 heavy (non-hydrogen) atoms. The van der Waals surface area contributed by atoms with Crippen molar-refractivity contribution in [3.8, 4) is 11.5 Å². The number of hydrogen-bond donors (Lipinski definition) is 3. The zero-order valence-electron chi connectivity index (χ0n) is 20.7. The van der Waals surface area contributed by atoms with Gasteiger partial charge >= 0.3 is 0 Å². The number of aromatic hydroxyl groups is 2. The standard InChI is InChI=1S/C29H45NO3/c1-2-3-4-5-6-7-8-9-10-11-12-13-14-15-16-19-22-30-29(33)26-23-27(31)24-20-17-18-21-25(24)28(26)32/h17-18,20-21,23,31-32H,2-16,19,22H2,1H3,(H,30,33).